The minimum absolute atomic E-state index is 0.594. The largest absolute Gasteiger partial charge is 0.365 e. The Labute approximate surface area is 139 Å². The van der Waals surface area contributed by atoms with Crippen LogP contribution in [-0.4, -0.2) is 15.4 Å². The van der Waals surface area contributed by atoms with Crippen LogP contribution in [0.15, 0.2) is 35.2 Å². The van der Waals surface area contributed by atoms with Crippen molar-refractivity contribution in [3.8, 4) is 6.07 Å². The zero-order chi connectivity index (χ0) is 16.2. The van der Waals surface area contributed by atoms with Gasteiger partial charge in [0.15, 0.2) is 0 Å². The van der Waals surface area contributed by atoms with Crippen molar-refractivity contribution in [2.24, 2.45) is 0 Å². The number of aromatic nitrogens is 1. The quantitative estimate of drug-likeness (QED) is 0.937. The summed E-state index contributed by atoms with van der Waals surface area (Å²) < 4.78 is 11.4. The molecule has 1 heterocycles. The van der Waals surface area contributed by atoms with Gasteiger partial charge in [-0.05, 0) is 55.0 Å². The lowest BCUT2D eigenvalue weighted by Gasteiger charge is -2.17. The first kappa shape index (κ1) is 15.7. The predicted octanol–water partition coefficient (Wildman–Crippen LogP) is 3.18. The molecular weight excluding hydrogens is 306 g/mol. The molecule has 0 radical (unpaired) electrons. The highest BCUT2D eigenvalue weighted by atomic mass is 32.2. The number of anilines is 1. The van der Waals surface area contributed by atoms with E-state index in [-0.39, 0.29) is 0 Å². The first-order valence-corrected chi connectivity index (χ1v) is 9.32. The number of rotatable bonds is 4. The van der Waals surface area contributed by atoms with Crippen molar-refractivity contribution in [3.63, 3.8) is 0 Å². The Morgan fingerprint density at radius 3 is 2.70 bits per heavy atom. The lowest BCUT2D eigenvalue weighted by Crippen LogP contribution is -2.10. The van der Waals surface area contributed by atoms with E-state index in [9.17, 15) is 9.47 Å². The third-order valence-corrected chi connectivity index (χ3v) is 5.07. The molecule has 0 spiro atoms. The second-order valence-corrected chi connectivity index (χ2v) is 7.14. The lowest BCUT2D eigenvalue weighted by atomic mass is 9.95. The van der Waals surface area contributed by atoms with E-state index < -0.39 is 10.8 Å². The van der Waals surface area contributed by atoms with Crippen molar-refractivity contribution in [1.29, 1.82) is 5.26 Å². The summed E-state index contributed by atoms with van der Waals surface area (Å²) in [5, 5.41) is 12.6. The van der Waals surface area contributed by atoms with Gasteiger partial charge in [-0.25, -0.2) is 4.98 Å². The molecule has 0 aliphatic heterocycles. The van der Waals surface area contributed by atoms with Gasteiger partial charge in [0.25, 0.3) is 0 Å². The van der Waals surface area contributed by atoms with Crippen LogP contribution in [0, 0.1) is 11.3 Å². The van der Waals surface area contributed by atoms with Crippen LogP contribution in [0.5, 0.6) is 0 Å². The second-order valence-electron chi connectivity index (χ2n) is 5.76. The average Bonchev–Trinajstić information content (AvgIpc) is 2.59. The molecule has 1 N–H and O–H groups in total. The Balaban J connectivity index is 1.77. The second kappa shape index (κ2) is 6.93. The molecule has 23 heavy (non-hydrogen) atoms. The highest BCUT2D eigenvalue weighted by Gasteiger charge is 2.15. The van der Waals surface area contributed by atoms with Crippen molar-refractivity contribution in [3.05, 3.63) is 52.7 Å². The topological polar surface area (TPSA) is 65.8 Å². The van der Waals surface area contributed by atoms with E-state index >= 15 is 0 Å². The van der Waals surface area contributed by atoms with Crippen molar-refractivity contribution in [1.82, 2.24) is 4.98 Å². The molecule has 0 saturated carbocycles. The molecule has 4 nitrogen and oxygen atoms in total. The minimum atomic E-state index is -0.960. The van der Waals surface area contributed by atoms with E-state index in [0.29, 0.717) is 17.9 Å². The SMILES string of the molecule is C[S@](=O)c1ccc(CNc2nc3c(cc2C#N)CCCC3)cc1. The van der Waals surface area contributed by atoms with Crippen LogP contribution in [-0.2, 0) is 30.2 Å². The van der Waals surface area contributed by atoms with Gasteiger partial charge in [0, 0.05) is 34.2 Å². The third kappa shape index (κ3) is 3.59. The van der Waals surface area contributed by atoms with E-state index in [1.165, 1.54) is 18.4 Å². The minimum Gasteiger partial charge on any atom is -0.365 e. The smallest absolute Gasteiger partial charge is 0.144 e. The fourth-order valence-electron chi connectivity index (χ4n) is 2.84. The molecule has 1 aromatic heterocycles. The normalized spacial score (nSPS) is 14.6. The number of nitrogens with one attached hydrogen (secondary N) is 1. The summed E-state index contributed by atoms with van der Waals surface area (Å²) >= 11 is 0. The van der Waals surface area contributed by atoms with Crippen LogP contribution < -0.4 is 5.32 Å². The number of aryl methyl sites for hydroxylation is 2. The highest BCUT2D eigenvalue weighted by Crippen LogP contribution is 2.24. The van der Waals surface area contributed by atoms with Crippen LogP contribution in [0.2, 0.25) is 0 Å². The van der Waals surface area contributed by atoms with E-state index in [0.717, 1.165) is 29.0 Å². The lowest BCUT2D eigenvalue weighted by molar-refractivity contribution is 0.668. The van der Waals surface area contributed by atoms with Crippen molar-refractivity contribution in [2.45, 2.75) is 37.1 Å². The van der Waals surface area contributed by atoms with Crippen molar-refractivity contribution < 1.29 is 4.21 Å². The Morgan fingerprint density at radius 2 is 2.00 bits per heavy atom. The molecule has 0 fully saturated rings. The van der Waals surface area contributed by atoms with E-state index in [1.54, 1.807) is 6.26 Å². The highest BCUT2D eigenvalue weighted by molar-refractivity contribution is 7.84. The maximum atomic E-state index is 11.4. The number of nitriles is 1. The third-order valence-electron chi connectivity index (χ3n) is 4.14. The Bertz CT molecular complexity index is 778. The molecule has 0 unspecified atom stereocenters. The van der Waals surface area contributed by atoms with Crippen LogP contribution in [0.25, 0.3) is 0 Å². The van der Waals surface area contributed by atoms with E-state index in [4.69, 9.17) is 0 Å². The molecule has 1 aliphatic carbocycles. The molecule has 0 amide bonds. The van der Waals surface area contributed by atoms with Crippen molar-refractivity contribution in [2.75, 3.05) is 11.6 Å². The summed E-state index contributed by atoms with van der Waals surface area (Å²) in [5.41, 5.74) is 4.02. The molecule has 1 aromatic carbocycles. The Morgan fingerprint density at radius 1 is 1.26 bits per heavy atom. The van der Waals surface area contributed by atoms with E-state index in [1.807, 2.05) is 30.3 Å². The van der Waals surface area contributed by atoms with Gasteiger partial charge in [-0.2, -0.15) is 5.26 Å². The van der Waals surface area contributed by atoms with Gasteiger partial charge in [-0.15, -0.1) is 0 Å². The summed E-state index contributed by atoms with van der Waals surface area (Å²) in [4.78, 5) is 5.48. The predicted molar refractivity (Wildman–Crippen MR) is 91.7 cm³/mol. The molecule has 0 saturated heterocycles. The fraction of sp³-hybridized carbons (Fsp3) is 0.333. The fourth-order valence-corrected chi connectivity index (χ4v) is 3.36. The van der Waals surface area contributed by atoms with Gasteiger partial charge in [0.2, 0.25) is 0 Å². The molecule has 0 bridgehead atoms. The zero-order valence-electron chi connectivity index (χ0n) is 13.1. The summed E-state index contributed by atoms with van der Waals surface area (Å²) in [5.74, 6) is 0.663. The first-order valence-electron chi connectivity index (χ1n) is 7.76. The summed E-state index contributed by atoms with van der Waals surface area (Å²) in [6, 6.07) is 11.9. The molecule has 2 aromatic rings. The summed E-state index contributed by atoms with van der Waals surface area (Å²) in [6.45, 7) is 0.594. The van der Waals surface area contributed by atoms with E-state index in [2.05, 4.69) is 16.4 Å². The number of hydrogen-bond acceptors (Lipinski definition) is 4. The average molecular weight is 325 g/mol. The standard InChI is InChI=1S/C18H19N3OS/c1-23(22)16-8-6-13(7-9-16)12-20-18-15(11-19)10-14-4-2-3-5-17(14)21-18/h6-10H,2-5,12H2,1H3,(H,20,21)/t23-/m0/s1. The van der Waals surface area contributed by atoms with Crippen LogP contribution in [0.1, 0.15) is 35.2 Å². The van der Waals surface area contributed by atoms with Gasteiger partial charge in [0.1, 0.15) is 11.9 Å². The van der Waals surface area contributed by atoms with Crippen molar-refractivity contribution >= 4 is 16.6 Å². The molecule has 118 valence electrons. The number of benzene rings is 1. The Kier molecular flexibility index (Phi) is 4.73. The number of nitrogens with zero attached hydrogens (tertiary/aromatic N) is 2. The van der Waals surface area contributed by atoms with Crippen LogP contribution in [0.4, 0.5) is 5.82 Å². The van der Waals surface area contributed by atoms with Gasteiger partial charge in [0.05, 0.1) is 5.56 Å². The maximum absolute atomic E-state index is 11.4. The maximum Gasteiger partial charge on any atom is 0.144 e. The molecule has 1 aliphatic rings. The van der Waals surface area contributed by atoms with Gasteiger partial charge in [-0.3, -0.25) is 4.21 Å². The van der Waals surface area contributed by atoms with Gasteiger partial charge in [-0.1, -0.05) is 12.1 Å². The van der Waals surface area contributed by atoms with Gasteiger partial charge < -0.3 is 5.32 Å². The molecular formula is C18H19N3OS. The number of pyridine rings is 1. The Hall–Kier alpha value is -2.19. The monoisotopic (exact) mass is 325 g/mol. The van der Waals surface area contributed by atoms with Crippen LogP contribution >= 0.6 is 0 Å². The molecule has 5 heteroatoms. The summed E-state index contributed by atoms with van der Waals surface area (Å²) in [6.07, 6.45) is 6.03. The molecule has 1 atom stereocenters. The number of fused-ring (bicyclic) bond motifs is 1. The first-order chi connectivity index (χ1) is 11.2. The zero-order valence-corrected chi connectivity index (χ0v) is 13.9. The van der Waals surface area contributed by atoms with Gasteiger partial charge >= 0.3 is 0 Å². The number of hydrogen-bond donors (Lipinski definition) is 1. The molecule has 3 rings (SSSR count). The van der Waals surface area contributed by atoms with Crippen LogP contribution in [0.3, 0.4) is 0 Å². The summed E-state index contributed by atoms with van der Waals surface area (Å²) in [7, 11) is -0.960.